The highest BCUT2D eigenvalue weighted by molar-refractivity contribution is 5.88. The Balaban J connectivity index is 1.58. The van der Waals surface area contributed by atoms with Crippen LogP contribution in [0.1, 0.15) is 11.1 Å². The number of nitrogens with one attached hydrogen (secondary N) is 2. The molecule has 3 aromatic rings. The van der Waals surface area contributed by atoms with E-state index in [2.05, 4.69) is 53.6 Å². The van der Waals surface area contributed by atoms with E-state index in [4.69, 9.17) is 0 Å². The molecular weight excluding hydrogens is 310 g/mol. The maximum Gasteiger partial charge on any atom is 0.224 e. The first-order chi connectivity index (χ1) is 12.1. The molecule has 0 saturated carbocycles. The number of amides is 1. The van der Waals surface area contributed by atoms with E-state index in [9.17, 15) is 4.79 Å². The Morgan fingerprint density at radius 3 is 2.56 bits per heavy atom. The molecule has 0 radical (unpaired) electrons. The van der Waals surface area contributed by atoms with E-state index in [-0.39, 0.29) is 11.9 Å². The fourth-order valence-electron chi connectivity index (χ4n) is 3.07. The second-order valence-corrected chi connectivity index (χ2v) is 6.65. The molecule has 2 aromatic carbocycles. The molecule has 1 amide bonds. The molecule has 1 aromatic heterocycles. The molecule has 0 aliphatic heterocycles. The molecule has 0 spiro atoms. The minimum Gasteiger partial charge on any atom is -0.361 e. The van der Waals surface area contributed by atoms with E-state index >= 15 is 0 Å². The Morgan fingerprint density at radius 1 is 1.08 bits per heavy atom. The van der Waals surface area contributed by atoms with Crippen LogP contribution in [0.25, 0.3) is 10.9 Å². The van der Waals surface area contributed by atoms with Crippen LogP contribution in [0.15, 0.2) is 60.8 Å². The smallest absolute Gasteiger partial charge is 0.224 e. The Kier molecular flexibility index (Phi) is 5.51. The predicted octanol–water partition coefficient (Wildman–Crippen LogP) is 3.00. The van der Waals surface area contributed by atoms with Crippen LogP contribution in [-0.4, -0.2) is 42.5 Å². The van der Waals surface area contributed by atoms with E-state index in [1.54, 1.807) is 0 Å². The zero-order valence-electron chi connectivity index (χ0n) is 14.8. The van der Waals surface area contributed by atoms with Crippen molar-refractivity contribution < 1.29 is 4.79 Å². The van der Waals surface area contributed by atoms with Crippen LogP contribution in [0.5, 0.6) is 0 Å². The molecule has 1 atom stereocenters. The summed E-state index contributed by atoms with van der Waals surface area (Å²) in [5.41, 5.74) is 3.39. The molecule has 25 heavy (non-hydrogen) atoms. The van der Waals surface area contributed by atoms with Crippen molar-refractivity contribution in [1.82, 2.24) is 15.2 Å². The summed E-state index contributed by atoms with van der Waals surface area (Å²) in [4.78, 5) is 17.8. The normalized spacial score (nSPS) is 12.4. The lowest BCUT2D eigenvalue weighted by Gasteiger charge is -2.24. The van der Waals surface area contributed by atoms with E-state index < -0.39 is 0 Å². The van der Waals surface area contributed by atoms with Crippen LogP contribution in [0.4, 0.5) is 0 Å². The third-order valence-electron chi connectivity index (χ3n) is 4.61. The molecule has 4 nitrogen and oxygen atoms in total. The molecule has 0 aliphatic rings. The van der Waals surface area contributed by atoms with Crippen molar-refractivity contribution in [3.05, 3.63) is 71.9 Å². The number of aromatic amines is 1. The van der Waals surface area contributed by atoms with Gasteiger partial charge in [-0.25, -0.2) is 0 Å². The summed E-state index contributed by atoms with van der Waals surface area (Å²) < 4.78 is 0. The summed E-state index contributed by atoms with van der Waals surface area (Å²) >= 11 is 0. The van der Waals surface area contributed by atoms with Crippen LogP contribution in [0.3, 0.4) is 0 Å². The first-order valence-electron chi connectivity index (χ1n) is 8.65. The van der Waals surface area contributed by atoms with E-state index in [0.717, 1.165) is 22.9 Å². The molecular formula is C21H25N3O. The van der Waals surface area contributed by atoms with Crippen molar-refractivity contribution in [2.45, 2.75) is 18.9 Å². The minimum absolute atomic E-state index is 0.0599. The first kappa shape index (κ1) is 17.2. The highest BCUT2D eigenvalue weighted by Crippen LogP contribution is 2.18. The number of hydrogen-bond acceptors (Lipinski definition) is 2. The SMILES string of the molecule is CN(C)C(CNC(=O)Cc1c[nH]c2ccccc12)Cc1ccccc1. The summed E-state index contributed by atoms with van der Waals surface area (Å²) in [7, 11) is 4.11. The molecule has 3 rings (SSSR count). The fraction of sp³-hybridized carbons (Fsp3) is 0.286. The summed E-state index contributed by atoms with van der Waals surface area (Å²) in [6.07, 6.45) is 3.24. The van der Waals surface area contributed by atoms with Crippen molar-refractivity contribution in [1.29, 1.82) is 0 Å². The molecule has 1 heterocycles. The predicted molar refractivity (Wildman–Crippen MR) is 103 cm³/mol. The molecule has 4 heteroatoms. The number of aromatic nitrogens is 1. The second-order valence-electron chi connectivity index (χ2n) is 6.65. The fourth-order valence-corrected chi connectivity index (χ4v) is 3.07. The van der Waals surface area contributed by atoms with Gasteiger partial charge in [-0.3, -0.25) is 4.79 Å². The van der Waals surface area contributed by atoms with Gasteiger partial charge >= 0.3 is 0 Å². The lowest BCUT2D eigenvalue weighted by Crippen LogP contribution is -2.42. The number of likely N-dealkylation sites (N-methyl/N-ethyl adjacent to an activating group) is 1. The van der Waals surface area contributed by atoms with Crippen molar-refractivity contribution >= 4 is 16.8 Å². The number of nitrogens with zero attached hydrogens (tertiary/aromatic N) is 1. The third kappa shape index (κ3) is 4.48. The maximum absolute atomic E-state index is 12.4. The monoisotopic (exact) mass is 335 g/mol. The standard InChI is InChI=1S/C21H25N3O/c1-24(2)18(12-16-8-4-3-5-9-16)15-23-21(25)13-17-14-22-20-11-7-6-10-19(17)20/h3-11,14,18,22H,12-13,15H2,1-2H3,(H,23,25). The van der Waals surface area contributed by atoms with E-state index in [0.29, 0.717) is 13.0 Å². The molecule has 0 fully saturated rings. The van der Waals surface area contributed by atoms with Crippen LogP contribution < -0.4 is 5.32 Å². The number of hydrogen-bond donors (Lipinski definition) is 2. The van der Waals surface area contributed by atoms with Gasteiger partial charge in [-0.1, -0.05) is 48.5 Å². The maximum atomic E-state index is 12.4. The van der Waals surface area contributed by atoms with Gasteiger partial charge in [0.15, 0.2) is 0 Å². The van der Waals surface area contributed by atoms with Gasteiger partial charge in [0.1, 0.15) is 0 Å². The van der Waals surface area contributed by atoms with E-state index in [1.807, 2.05) is 36.5 Å². The lowest BCUT2D eigenvalue weighted by molar-refractivity contribution is -0.120. The molecule has 2 N–H and O–H groups in total. The van der Waals surface area contributed by atoms with Crippen molar-refractivity contribution in [3.63, 3.8) is 0 Å². The zero-order valence-corrected chi connectivity index (χ0v) is 14.8. The third-order valence-corrected chi connectivity index (χ3v) is 4.61. The first-order valence-corrected chi connectivity index (χ1v) is 8.65. The topological polar surface area (TPSA) is 48.1 Å². The Hall–Kier alpha value is -2.59. The number of fused-ring (bicyclic) bond motifs is 1. The largest absolute Gasteiger partial charge is 0.361 e. The second kappa shape index (κ2) is 7.99. The quantitative estimate of drug-likeness (QED) is 0.697. The number of carbonyl (C=O) groups is 1. The summed E-state index contributed by atoms with van der Waals surface area (Å²) in [6.45, 7) is 0.642. The minimum atomic E-state index is 0.0599. The molecule has 1 unspecified atom stereocenters. The number of rotatable bonds is 7. The number of carbonyl (C=O) groups excluding carboxylic acids is 1. The molecule has 130 valence electrons. The molecule has 0 bridgehead atoms. The summed E-state index contributed by atoms with van der Waals surface area (Å²) in [6, 6.07) is 18.7. The molecule has 0 saturated heterocycles. The van der Waals surface area contributed by atoms with Gasteiger partial charge in [-0.15, -0.1) is 0 Å². The van der Waals surface area contributed by atoms with Crippen molar-refractivity contribution in [3.8, 4) is 0 Å². The van der Waals surface area contributed by atoms with Crippen LogP contribution >= 0.6 is 0 Å². The number of para-hydroxylation sites is 1. The average Bonchev–Trinajstić information content (AvgIpc) is 3.02. The van der Waals surface area contributed by atoms with Gasteiger partial charge in [0, 0.05) is 29.7 Å². The zero-order chi connectivity index (χ0) is 17.6. The Labute approximate surface area is 148 Å². The highest BCUT2D eigenvalue weighted by Gasteiger charge is 2.14. The van der Waals surface area contributed by atoms with Crippen LogP contribution in [0, 0.1) is 0 Å². The van der Waals surface area contributed by atoms with Gasteiger partial charge in [0.05, 0.1) is 6.42 Å². The number of benzene rings is 2. The Morgan fingerprint density at radius 2 is 1.80 bits per heavy atom. The van der Waals surface area contributed by atoms with Crippen molar-refractivity contribution in [2.24, 2.45) is 0 Å². The van der Waals surface area contributed by atoms with Gasteiger partial charge in [0.2, 0.25) is 5.91 Å². The van der Waals surface area contributed by atoms with Crippen molar-refractivity contribution in [2.75, 3.05) is 20.6 Å². The summed E-state index contributed by atoms with van der Waals surface area (Å²) in [5, 5.41) is 4.21. The molecule has 0 aliphatic carbocycles. The summed E-state index contributed by atoms with van der Waals surface area (Å²) in [5.74, 6) is 0.0599. The highest BCUT2D eigenvalue weighted by atomic mass is 16.1. The van der Waals surface area contributed by atoms with Crippen LogP contribution in [0.2, 0.25) is 0 Å². The van der Waals surface area contributed by atoms with Crippen LogP contribution in [-0.2, 0) is 17.6 Å². The van der Waals surface area contributed by atoms with E-state index in [1.165, 1.54) is 5.56 Å². The van der Waals surface area contributed by atoms with Gasteiger partial charge in [-0.2, -0.15) is 0 Å². The number of H-pyrrole nitrogens is 1. The van der Waals surface area contributed by atoms with Gasteiger partial charge < -0.3 is 15.2 Å². The van der Waals surface area contributed by atoms with Gasteiger partial charge in [-0.05, 0) is 37.7 Å². The lowest BCUT2D eigenvalue weighted by atomic mass is 10.0. The van der Waals surface area contributed by atoms with Gasteiger partial charge in [0.25, 0.3) is 0 Å². The Bertz CT molecular complexity index is 823. The average molecular weight is 335 g/mol.